The fraction of sp³-hybridized carbons (Fsp3) is 0.647. The van der Waals surface area contributed by atoms with Gasteiger partial charge in [-0.1, -0.05) is 31.9 Å². The molecule has 0 saturated carbocycles. The van der Waals surface area contributed by atoms with Crippen LogP contribution >= 0.6 is 31.9 Å². The van der Waals surface area contributed by atoms with Gasteiger partial charge in [0.25, 0.3) is 5.69 Å². The van der Waals surface area contributed by atoms with Crippen molar-refractivity contribution >= 4 is 53.3 Å². The molecule has 1 aliphatic heterocycles. The minimum absolute atomic E-state index is 0.0116. The zero-order chi connectivity index (χ0) is 20.7. The lowest BCUT2D eigenvalue weighted by Gasteiger charge is -2.30. The van der Waals surface area contributed by atoms with Crippen molar-refractivity contribution in [3.8, 4) is 0 Å². The van der Waals surface area contributed by atoms with Crippen LogP contribution in [0.1, 0.15) is 12.8 Å². The zero-order valence-corrected chi connectivity index (χ0v) is 19.9. The Morgan fingerprint density at radius 3 is 2.18 bits per heavy atom. The molecule has 8 nitrogen and oxygen atoms in total. The molecule has 1 saturated heterocycles. The number of sulfonamides is 1. The summed E-state index contributed by atoms with van der Waals surface area (Å²) in [7, 11) is -1.82. The first-order valence-corrected chi connectivity index (χ1v) is 12.8. The number of benzene rings is 1. The van der Waals surface area contributed by atoms with Crippen molar-refractivity contribution in [2.45, 2.75) is 17.7 Å². The summed E-state index contributed by atoms with van der Waals surface area (Å²) in [6, 6.07) is 4.12. The van der Waals surface area contributed by atoms with Crippen LogP contribution < -0.4 is 4.90 Å². The molecule has 0 aliphatic carbocycles. The molecule has 11 heteroatoms. The first kappa shape index (κ1) is 23.5. The molecular weight excluding hydrogens is 516 g/mol. The topological polar surface area (TPSA) is 87.0 Å². The molecule has 0 bridgehead atoms. The Morgan fingerprint density at radius 1 is 1.11 bits per heavy atom. The minimum Gasteiger partial charge on any atom is -0.369 e. The lowest BCUT2D eigenvalue weighted by molar-refractivity contribution is -0.385. The van der Waals surface area contributed by atoms with Gasteiger partial charge in [-0.05, 0) is 39.0 Å². The van der Waals surface area contributed by atoms with Gasteiger partial charge in [0.05, 0.1) is 10.6 Å². The first-order chi connectivity index (χ1) is 13.3. The van der Waals surface area contributed by atoms with Gasteiger partial charge in [-0.3, -0.25) is 10.1 Å². The van der Waals surface area contributed by atoms with E-state index >= 15 is 0 Å². The van der Waals surface area contributed by atoms with Crippen LogP contribution in [0.4, 0.5) is 11.4 Å². The number of non-ortho nitro benzene ring substituents is 1. The summed E-state index contributed by atoms with van der Waals surface area (Å²) in [6.45, 7) is 3.66. The van der Waals surface area contributed by atoms with Gasteiger partial charge in [-0.2, -0.15) is 4.31 Å². The van der Waals surface area contributed by atoms with Crippen LogP contribution in [0.15, 0.2) is 23.1 Å². The van der Waals surface area contributed by atoms with E-state index in [9.17, 15) is 18.5 Å². The predicted octanol–water partition coefficient (Wildman–Crippen LogP) is 2.91. The lowest BCUT2D eigenvalue weighted by atomic mass is 10.2. The number of hydrogen-bond donors (Lipinski definition) is 0. The van der Waals surface area contributed by atoms with E-state index in [2.05, 4.69) is 36.8 Å². The van der Waals surface area contributed by atoms with Gasteiger partial charge in [-0.25, -0.2) is 8.42 Å². The summed E-state index contributed by atoms with van der Waals surface area (Å²) < 4.78 is 28.4. The Kier molecular flexibility index (Phi) is 9.13. The van der Waals surface area contributed by atoms with Gasteiger partial charge in [-0.15, -0.1) is 0 Å². The van der Waals surface area contributed by atoms with Crippen molar-refractivity contribution in [2.24, 2.45) is 0 Å². The molecule has 1 heterocycles. The molecule has 1 fully saturated rings. The van der Waals surface area contributed by atoms with Crippen LogP contribution in [-0.2, 0) is 10.0 Å². The molecule has 28 heavy (non-hydrogen) atoms. The van der Waals surface area contributed by atoms with Crippen molar-refractivity contribution < 1.29 is 13.3 Å². The van der Waals surface area contributed by atoms with E-state index in [0.717, 1.165) is 25.9 Å². The monoisotopic (exact) mass is 540 g/mol. The molecule has 1 aromatic rings. The fourth-order valence-electron chi connectivity index (χ4n) is 3.28. The minimum atomic E-state index is -3.85. The van der Waals surface area contributed by atoms with Gasteiger partial charge < -0.3 is 9.80 Å². The Bertz CT molecular complexity index is 762. The molecule has 0 spiro atoms. The molecule has 2 rings (SSSR count). The standard InChI is InChI=1S/C17H26Br2N4O4S/c1-20-8-2-10-22(11-3-9-20)28(26,27)17-14-15(23(24)25)4-5-16(17)21(12-6-18)13-7-19/h4-5,14H,2-3,6-13H2,1H3. The second kappa shape index (κ2) is 10.9. The highest BCUT2D eigenvalue weighted by Crippen LogP contribution is 2.32. The number of alkyl halides is 2. The normalized spacial score (nSPS) is 17.1. The molecule has 1 aliphatic rings. The highest BCUT2D eigenvalue weighted by atomic mass is 79.9. The van der Waals surface area contributed by atoms with Crippen LogP contribution in [0.2, 0.25) is 0 Å². The third kappa shape index (κ3) is 5.88. The number of hydrogen-bond acceptors (Lipinski definition) is 6. The second-order valence-corrected chi connectivity index (χ2v) is 10.2. The predicted molar refractivity (Wildman–Crippen MR) is 118 cm³/mol. The molecule has 0 N–H and O–H groups in total. The van der Waals surface area contributed by atoms with E-state index < -0.39 is 14.9 Å². The van der Waals surface area contributed by atoms with E-state index in [4.69, 9.17) is 0 Å². The number of halogens is 2. The Morgan fingerprint density at radius 2 is 1.68 bits per heavy atom. The van der Waals surface area contributed by atoms with E-state index in [-0.39, 0.29) is 10.6 Å². The van der Waals surface area contributed by atoms with Gasteiger partial charge in [0.1, 0.15) is 4.90 Å². The summed E-state index contributed by atoms with van der Waals surface area (Å²) in [4.78, 5) is 14.9. The largest absolute Gasteiger partial charge is 0.369 e. The SMILES string of the molecule is CN1CCCN(S(=O)(=O)c2cc([N+](=O)[O-])ccc2N(CCBr)CCBr)CCC1. The Labute approximate surface area is 183 Å². The number of nitro groups is 1. The van der Waals surface area contributed by atoms with E-state index in [0.29, 0.717) is 42.5 Å². The average molecular weight is 542 g/mol. The van der Waals surface area contributed by atoms with Crippen molar-refractivity contribution in [2.75, 3.05) is 61.9 Å². The highest BCUT2D eigenvalue weighted by Gasteiger charge is 2.31. The zero-order valence-electron chi connectivity index (χ0n) is 15.9. The summed E-state index contributed by atoms with van der Waals surface area (Å²) >= 11 is 6.80. The maximum absolute atomic E-state index is 13.5. The first-order valence-electron chi connectivity index (χ1n) is 9.15. The van der Waals surface area contributed by atoms with Crippen LogP contribution in [-0.4, -0.2) is 79.5 Å². The van der Waals surface area contributed by atoms with Gasteiger partial charge in [0.15, 0.2) is 0 Å². The van der Waals surface area contributed by atoms with Crippen LogP contribution in [0.25, 0.3) is 0 Å². The third-order valence-corrected chi connectivity index (χ3v) is 7.35. The second-order valence-electron chi connectivity index (χ2n) is 6.69. The summed E-state index contributed by atoms with van der Waals surface area (Å²) in [6.07, 6.45) is 1.46. The number of nitrogens with zero attached hydrogens (tertiary/aromatic N) is 4. The third-order valence-electron chi connectivity index (χ3n) is 4.72. The maximum atomic E-state index is 13.5. The Hall–Kier alpha value is -0.750. The molecule has 0 atom stereocenters. The van der Waals surface area contributed by atoms with Crippen molar-refractivity contribution in [3.63, 3.8) is 0 Å². The van der Waals surface area contributed by atoms with E-state index in [1.54, 1.807) is 6.07 Å². The number of nitro benzene ring substituents is 1. The van der Waals surface area contributed by atoms with Crippen molar-refractivity contribution in [3.05, 3.63) is 28.3 Å². The number of rotatable bonds is 8. The van der Waals surface area contributed by atoms with Crippen LogP contribution in [0.3, 0.4) is 0 Å². The van der Waals surface area contributed by atoms with Crippen molar-refractivity contribution in [1.82, 2.24) is 9.21 Å². The van der Waals surface area contributed by atoms with Crippen LogP contribution in [0.5, 0.6) is 0 Å². The molecule has 0 radical (unpaired) electrons. The molecule has 158 valence electrons. The van der Waals surface area contributed by atoms with Gasteiger partial charge in [0.2, 0.25) is 10.0 Å². The quantitative estimate of drug-likeness (QED) is 0.286. The van der Waals surface area contributed by atoms with Crippen LogP contribution in [0, 0.1) is 10.1 Å². The molecular formula is C17H26Br2N4O4S. The fourth-order valence-corrected chi connectivity index (χ4v) is 5.88. The lowest BCUT2D eigenvalue weighted by Crippen LogP contribution is -2.39. The maximum Gasteiger partial charge on any atom is 0.270 e. The summed E-state index contributed by atoms with van der Waals surface area (Å²) in [5.41, 5.74) is 0.287. The number of anilines is 1. The highest BCUT2D eigenvalue weighted by molar-refractivity contribution is 9.09. The molecule has 0 aromatic heterocycles. The van der Waals surface area contributed by atoms with Crippen molar-refractivity contribution in [1.29, 1.82) is 0 Å². The average Bonchev–Trinajstić information content (AvgIpc) is 2.63. The molecule has 0 amide bonds. The van der Waals surface area contributed by atoms with E-state index in [1.165, 1.54) is 16.4 Å². The smallest absolute Gasteiger partial charge is 0.270 e. The van der Waals surface area contributed by atoms with Gasteiger partial charge in [0, 0.05) is 49.0 Å². The Balaban J connectivity index is 2.49. The summed E-state index contributed by atoms with van der Waals surface area (Å²) in [5.74, 6) is 0. The van der Waals surface area contributed by atoms with E-state index in [1.807, 2.05) is 11.9 Å². The molecule has 0 unspecified atom stereocenters. The molecule has 1 aromatic carbocycles. The summed E-state index contributed by atoms with van der Waals surface area (Å²) in [5, 5.41) is 12.6. The van der Waals surface area contributed by atoms with Gasteiger partial charge >= 0.3 is 0 Å².